The molecule has 0 saturated heterocycles. The number of aromatic carboxylic acids is 1. The van der Waals surface area contributed by atoms with E-state index in [1.165, 1.54) is 17.4 Å². The molecule has 0 spiro atoms. The summed E-state index contributed by atoms with van der Waals surface area (Å²) in [5, 5.41) is 13.5. The van der Waals surface area contributed by atoms with Gasteiger partial charge in [0.2, 0.25) is 0 Å². The van der Waals surface area contributed by atoms with Crippen LogP contribution in [-0.4, -0.2) is 35.1 Å². The molecule has 2 N–H and O–H groups in total. The molecule has 5 nitrogen and oxygen atoms in total. The minimum Gasteiger partial charge on any atom is -0.478 e. The summed E-state index contributed by atoms with van der Waals surface area (Å²) in [5.74, 6) is -1.02. The SMILES string of the molecule is CN(C(=O)Nc1sccc1C(=O)O)C1CC1. The maximum atomic E-state index is 11.7. The average Bonchev–Trinajstić information content (AvgIpc) is 2.97. The summed E-state index contributed by atoms with van der Waals surface area (Å²) < 4.78 is 0. The average molecular weight is 240 g/mol. The lowest BCUT2D eigenvalue weighted by Crippen LogP contribution is -2.33. The van der Waals surface area contributed by atoms with Crippen LogP contribution in [-0.2, 0) is 0 Å². The predicted octanol–water partition coefficient (Wildman–Crippen LogP) is 2.07. The third kappa shape index (κ3) is 2.16. The van der Waals surface area contributed by atoms with Crippen LogP contribution >= 0.6 is 11.3 Å². The number of hydrogen-bond acceptors (Lipinski definition) is 3. The van der Waals surface area contributed by atoms with Gasteiger partial charge in [-0.2, -0.15) is 0 Å². The summed E-state index contributed by atoms with van der Waals surface area (Å²) in [4.78, 5) is 24.1. The molecule has 6 heteroatoms. The molecule has 1 fully saturated rings. The van der Waals surface area contributed by atoms with E-state index in [-0.39, 0.29) is 11.6 Å². The Morgan fingerprint density at radius 2 is 2.25 bits per heavy atom. The van der Waals surface area contributed by atoms with Crippen molar-refractivity contribution in [2.75, 3.05) is 12.4 Å². The van der Waals surface area contributed by atoms with Gasteiger partial charge in [-0.05, 0) is 24.3 Å². The monoisotopic (exact) mass is 240 g/mol. The first-order valence-corrected chi connectivity index (χ1v) is 5.82. The largest absolute Gasteiger partial charge is 0.478 e. The molecule has 0 aliphatic heterocycles. The molecule has 2 amide bonds. The number of carbonyl (C=O) groups excluding carboxylic acids is 1. The van der Waals surface area contributed by atoms with Crippen molar-refractivity contribution in [2.45, 2.75) is 18.9 Å². The van der Waals surface area contributed by atoms with Crippen LogP contribution in [0.4, 0.5) is 9.80 Å². The maximum absolute atomic E-state index is 11.7. The van der Waals surface area contributed by atoms with E-state index < -0.39 is 5.97 Å². The van der Waals surface area contributed by atoms with Crippen molar-refractivity contribution in [3.63, 3.8) is 0 Å². The van der Waals surface area contributed by atoms with E-state index in [1.54, 1.807) is 17.3 Å². The van der Waals surface area contributed by atoms with Crippen LogP contribution in [0.1, 0.15) is 23.2 Å². The number of thiophene rings is 1. The second-order valence-electron chi connectivity index (χ2n) is 3.74. The highest BCUT2D eigenvalue weighted by Crippen LogP contribution is 2.28. The Morgan fingerprint density at radius 3 is 2.81 bits per heavy atom. The number of anilines is 1. The third-order valence-corrected chi connectivity index (χ3v) is 3.36. The molecule has 1 saturated carbocycles. The van der Waals surface area contributed by atoms with E-state index in [0.717, 1.165) is 12.8 Å². The quantitative estimate of drug-likeness (QED) is 0.849. The highest BCUT2D eigenvalue weighted by atomic mass is 32.1. The molecule has 0 radical (unpaired) electrons. The number of nitrogens with zero attached hydrogens (tertiary/aromatic N) is 1. The van der Waals surface area contributed by atoms with Crippen LogP contribution in [0.2, 0.25) is 0 Å². The first-order valence-electron chi connectivity index (χ1n) is 4.94. The van der Waals surface area contributed by atoms with Crippen molar-refractivity contribution >= 4 is 28.3 Å². The fourth-order valence-corrected chi connectivity index (χ4v) is 2.16. The van der Waals surface area contributed by atoms with Crippen LogP contribution in [0.15, 0.2) is 11.4 Å². The van der Waals surface area contributed by atoms with Gasteiger partial charge in [-0.3, -0.25) is 5.32 Å². The zero-order chi connectivity index (χ0) is 11.7. The molecular formula is C10H12N2O3S. The second-order valence-corrected chi connectivity index (χ2v) is 4.66. The summed E-state index contributed by atoms with van der Waals surface area (Å²) in [5.41, 5.74) is 0.141. The lowest BCUT2D eigenvalue weighted by atomic mass is 10.3. The Hall–Kier alpha value is -1.56. The van der Waals surface area contributed by atoms with Crippen LogP contribution in [0.5, 0.6) is 0 Å². The van der Waals surface area contributed by atoms with Crippen molar-refractivity contribution in [3.05, 3.63) is 17.0 Å². The lowest BCUT2D eigenvalue weighted by molar-refractivity contribution is 0.0698. The van der Waals surface area contributed by atoms with Gasteiger partial charge in [0.1, 0.15) is 5.00 Å². The molecule has 0 aromatic carbocycles. The fraction of sp³-hybridized carbons (Fsp3) is 0.400. The van der Waals surface area contributed by atoms with Gasteiger partial charge in [0.05, 0.1) is 5.56 Å². The molecule has 1 aromatic rings. The smallest absolute Gasteiger partial charge is 0.338 e. The van der Waals surface area contributed by atoms with Crippen molar-refractivity contribution < 1.29 is 14.7 Å². The van der Waals surface area contributed by atoms with E-state index >= 15 is 0 Å². The van der Waals surface area contributed by atoms with Gasteiger partial charge in [-0.1, -0.05) is 0 Å². The normalized spacial score (nSPS) is 14.6. The number of urea groups is 1. The molecule has 0 bridgehead atoms. The zero-order valence-electron chi connectivity index (χ0n) is 8.77. The number of nitrogens with one attached hydrogen (secondary N) is 1. The predicted molar refractivity (Wildman–Crippen MR) is 61.1 cm³/mol. The Bertz CT molecular complexity index is 425. The highest BCUT2D eigenvalue weighted by molar-refractivity contribution is 7.14. The molecule has 2 rings (SSSR count). The Balaban J connectivity index is 2.05. The second kappa shape index (κ2) is 4.13. The number of carboxylic acid groups (broad SMARTS) is 1. The van der Waals surface area contributed by atoms with Crippen LogP contribution < -0.4 is 5.32 Å². The molecular weight excluding hydrogens is 228 g/mol. The zero-order valence-corrected chi connectivity index (χ0v) is 9.58. The molecule has 1 aliphatic carbocycles. The van der Waals surface area contributed by atoms with E-state index in [9.17, 15) is 9.59 Å². The van der Waals surface area contributed by atoms with Gasteiger partial charge in [0.25, 0.3) is 0 Å². The molecule has 86 valence electrons. The van der Waals surface area contributed by atoms with Crippen LogP contribution in [0, 0.1) is 0 Å². The van der Waals surface area contributed by atoms with E-state index in [0.29, 0.717) is 11.0 Å². The molecule has 1 heterocycles. The topological polar surface area (TPSA) is 69.6 Å². The summed E-state index contributed by atoms with van der Waals surface area (Å²) >= 11 is 1.22. The van der Waals surface area contributed by atoms with Crippen LogP contribution in [0.25, 0.3) is 0 Å². The first kappa shape index (κ1) is 10.9. The first-order chi connectivity index (χ1) is 7.59. The Morgan fingerprint density at radius 1 is 1.56 bits per heavy atom. The van der Waals surface area contributed by atoms with Crippen molar-refractivity contribution in [3.8, 4) is 0 Å². The maximum Gasteiger partial charge on any atom is 0.338 e. The lowest BCUT2D eigenvalue weighted by Gasteiger charge is -2.16. The molecule has 0 atom stereocenters. The van der Waals surface area contributed by atoms with Crippen molar-refractivity contribution in [1.82, 2.24) is 4.90 Å². The fourth-order valence-electron chi connectivity index (χ4n) is 1.39. The molecule has 16 heavy (non-hydrogen) atoms. The number of rotatable bonds is 3. The third-order valence-electron chi connectivity index (χ3n) is 2.53. The Kier molecular flexibility index (Phi) is 2.82. The summed E-state index contributed by atoms with van der Waals surface area (Å²) in [6.45, 7) is 0. The van der Waals surface area contributed by atoms with Crippen molar-refractivity contribution in [2.24, 2.45) is 0 Å². The molecule has 0 unspecified atom stereocenters. The van der Waals surface area contributed by atoms with Crippen LogP contribution in [0.3, 0.4) is 0 Å². The standard InChI is InChI=1S/C10H12N2O3S/c1-12(6-2-3-6)10(15)11-8-7(9(13)14)4-5-16-8/h4-6H,2-3H2,1H3,(H,11,15)(H,13,14). The van der Waals surface area contributed by atoms with Gasteiger partial charge < -0.3 is 10.0 Å². The number of amides is 2. The molecule has 1 aliphatic rings. The van der Waals surface area contributed by atoms with E-state index in [1.807, 2.05) is 0 Å². The van der Waals surface area contributed by atoms with E-state index in [4.69, 9.17) is 5.11 Å². The number of hydrogen-bond donors (Lipinski definition) is 2. The minimum absolute atomic E-state index is 0.141. The van der Waals surface area contributed by atoms with Gasteiger partial charge >= 0.3 is 12.0 Å². The Labute approximate surface area is 96.7 Å². The van der Waals surface area contributed by atoms with Crippen molar-refractivity contribution in [1.29, 1.82) is 0 Å². The summed E-state index contributed by atoms with van der Waals surface area (Å²) in [6, 6.07) is 1.56. The highest BCUT2D eigenvalue weighted by Gasteiger charge is 2.30. The van der Waals surface area contributed by atoms with Gasteiger partial charge in [-0.15, -0.1) is 11.3 Å². The number of carbonyl (C=O) groups is 2. The summed E-state index contributed by atoms with van der Waals surface area (Å²) in [7, 11) is 1.72. The number of carboxylic acids is 1. The molecule has 1 aromatic heterocycles. The van der Waals surface area contributed by atoms with Gasteiger partial charge in [0.15, 0.2) is 0 Å². The van der Waals surface area contributed by atoms with Gasteiger partial charge in [-0.25, -0.2) is 9.59 Å². The minimum atomic E-state index is -1.02. The van der Waals surface area contributed by atoms with Gasteiger partial charge in [0, 0.05) is 13.1 Å². The van der Waals surface area contributed by atoms with E-state index in [2.05, 4.69) is 5.32 Å². The summed E-state index contributed by atoms with van der Waals surface area (Å²) in [6.07, 6.45) is 2.06.